The highest BCUT2D eigenvalue weighted by Gasteiger charge is 2.33. The van der Waals surface area contributed by atoms with Crippen molar-refractivity contribution in [1.29, 1.82) is 0 Å². The maximum absolute atomic E-state index is 11.9. The molecule has 0 aromatic rings. The van der Waals surface area contributed by atoms with Crippen molar-refractivity contribution in [1.82, 2.24) is 0 Å². The molecule has 0 rings (SSSR count). The molecule has 0 aromatic heterocycles. The minimum atomic E-state index is -1.20. The van der Waals surface area contributed by atoms with Gasteiger partial charge in [-0.1, -0.05) is 58.8 Å². The zero-order valence-corrected chi connectivity index (χ0v) is 14.3. The number of unbranched alkanes of at least 4 members (excludes halogenated alkanes) is 7. The third kappa shape index (κ3) is 10.7. The van der Waals surface area contributed by atoms with Crippen molar-refractivity contribution in [3.63, 3.8) is 0 Å². The van der Waals surface area contributed by atoms with Gasteiger partial charge < -0.3 is 14.9 Å². The summed E-state index contributed by atoms with van der Waals surface area (Å²) in [6, 6.07) is 0. The molecule has 0 saturated carbocycles. The molecule has 0 radical (unpaired) electrons. The summed E-state index contributed by atoms with van der Waals surface area (Å²) in [5.41, 5.74) is 0. The molecule has 0 aliphatic rings. The number of hydrogen-bond acceptors (Lipinski definition) is 4. The SMILES string of the molecule is CCCCCCCCCCOC(=O)C(CC(=O)O)C(C)C(=O)O. The molecule has 0 spiro atoms. The molecule has 0 fully saturated rings. The molecule has 0 aliphatic heterocycles. The summed E-state index contributed by atoms with van der Waals surface area (Å²) in [6.45, 7) is 3.72. The number of rotatable bonds is 14. The van der Waals surface area contributed by atoms with Crippen LogP contribution in [0.15, 0.2) is 0 Å². The topological polar surface area (TPSA) is 101 Å². The lowest BCUT2D eigenvalue weighted by molar-refractivity contribution is -0.160. The first-order valence-corrected chi connectivity index (χ1v) is 8.51. The predicted octanol–water partition coefficient (Wildman–Crippen LogP) is 3.48. The van der Waals surface area contributed by atoms with Crippen LogP contribution in [0.5, 0.6) is 0 Å². The van der Waals surface area contributed by atoms with Crippen LogP contribution >= 0.6 is 0 Å². The number of aliphatic carboxylic acids is 2. The Labute approximate surface area is 138 Å². The van der Waals surface area contributed by atoms with Gasteiger partial charge in [0.25, 0.3) is 0 Å². The van der Waals surface area contributed by atoms with Gasteiger partial charge in [0.1, 0.15) is 0 Å². The highest BCUT2D eigenvalue weighted by Crippen LogP contribution is 2.18. The highest BCUT2D eigenvalue weighted by molar-refractivity contribution is 5.84. The van der Waals surface area contributed by atoms with E-state index in [1.165, 1.54) is 39.0 Å². The Hall–Kier alpha value is -1.59. The van der Waals surface area contributed by atoms with Crippen molar-refractivity contribution < 1.29 is 29.3 Å². The van der Waals surface area contributed by atoms with Crippen LogP contribution in [0.25, 0.3) is 0 Å². The monoisotopic (exact) mass is 330 g/mol. The van der Waals surface area contributed by atoms with Crippen LogP contribution in [-0.2, 0) is 19.1 Å². The molecule has 0 aliphatic carbocycles. The molecule has 134 valence electrons. The fourth-order valence-corrected chi connectivity index (χ4v) is 2.34. The summed E-state index contributed by atoms with van der Waals surface area (Å²) in [5.74, 6) is -5.34. The standard InChI is InChI=1S/C17H30O6/c1-3-4-5-6-7-8-9-10-11-23-17(22)14(12-15(18)19)13(2)16(20)21/h13-14H,3-12H2,1-2H3,(H,18,19)(H,20,21). The minimum Gasteiger partial charge on any atom is -0.481 e. The Morgan fingerprint density at radius 3 is 1.91 bits per heavy atom. The molecule has 23 heavy (non-hydrogen) atoms. The number of carbonyl (C=O) groups is 3. The van der Waals surface area contributed by atoms with Crippen LogP contribution in [0.4, 0.5) is 0 Å². The van der Waals surface area contributed by atoms with Gasteiger partial charge in [-0.3, -0.25) is 14.4 Å². The lowest BCUT2D eigenvalue weighted by Gasteiger charge is -2.17. The summed E-state index contributed by atoms with van der Waals surface area (Å²) in [6.07, 6.45) is 8.39. The second-order valence-corrected chi connectivity index (χ2v) is 5.97. The summed E-state index contributed by atoms with van der Waals surface area (Å²) in [7, 11) is 0. The average molecular weight is 330 g/mol. The smallest absolute Gasteiger partial charge is 0.310 e. The molecule has 6 heteroatoms. The van der Waals surface area contributed by atoms with Crippen LogP contribution in [0.3, 0.4) is 0 Å². The minimum absolute atomic E-state index is 0.219. The van der Waals surface area contributed by atoms with Gasteiger partial charge in [0.15, 0.2) is 0 Å². The van der Waals surface area contributed by atoms with Crippen molar-refractivity contribution in [2.75, 3.05) is 6.61 Å². The zero-order chi connectivity index (χ0) is 17.7. The normalized spacial score (nSPS) is 13.3. The summed E-state index contributed by atoms with van der Waals surface area (Å²) in [5, 5.41) is 17.7. The van der Waals surface area contributed by atoms with Crippen LogP contribution in [0.1, 0.15) is 71.6 Å². The van der Waals surface area contributed by atoms with E-state index in [4.69, 9.17) is 14.9 Å². The van der Waals surface area contributed by atoms with E-state index >= 15 is 0 Å². The molecule has 0 amide bonds. The third-order valence-electron chi connectivity index (χ3n) is 3.93. The van der Waals surface area contributed by atoms with Gasteiger partial charge in [0.05, 0.1) is 24.9 Å². The van der Waals surface area contributed by atoms with Gasteiger partial charge in [0.2, 0.25) is 0 Å². The van der Waals surface area contributed by atoms with Gasteiger partial charge in [-0.2, -0.15) is 0 Å². The zero-order valence-electron chi connectivity index (χ0n) is 14.3. The lowest BCUT2D eigenvalue weighted by Crippen LogP contribution is -2.31. The van der Waals surface area contributed by atoms with Crippen molar-refractivity contribution in [2.45, 2.75) is 71.6 Å². The summed E-state index contributed by atoms with van der Waals surface area (Å²) >= 11 is 0. The number of carbonyl (C=O) groups excluding carboxylic acids is 1. The van der Waals surface area contributed by atoms with E-state index < -0.39 is 36.2 Å². The first-order chi connectivity index (χ1) is 10.9. The number of carboxylic acids is 2. The van der Waals surface area contributed by atoms with Crippen LogP contribution in [0, 0.1) is 11.8 Å². The summed E-state index contributed by atoms with van der Waals surface area (Å²) in [4.78, 5) is 33.6. The van der Waals surface area contributed by atoms with Gasteiger partial charge in [-0.25, -0.2) is 0 Å². The van der Waals surface area contributed by atoms with E-state index in [0.29, 0.717) is 0 Å². The molecule has 0 bridgehead atoms. The Kier molecular flexibility index (Phi) is 12.0. The predicted molar refractivity (Wildman–Crippen MR) is 86.1 cm³/mol. The Bertz CT molecular complexity index is 366. The van der Waals surface area contributed by atoms with Crippen molar-refractivity contribution in [3.8, 4) is 0 Å². The number of carboxylic acid groups (broad SMARTS) is 2. The first kappa shape index (κ1) is 21.4. The molecule has 0 heterocycles. The van der Waals surface area contributed by atoms with Crippen LogP contribution in [0.2, 0.25) is 0 Å². The molecule has 2 N–H and O–H groups in total. The quantitative estimate of drug-likeness (QED) is 0.373. The van der Waals surface area contributed by atoms with E-state index in [0.717, 1.165) is 19.3 Å². The van der Waals surface area contributed by atoms with E-state index in [1.807, 2.05) is 0 Å². The van der Waals surface area contributed by atoms with E-state index in [-0.39, 0.29) is 6.61 Å². The third-order valence-corrected chi connectivity index (χ3v) is 3.93. The van der Waals surface area contributed by atoms with Gasteiger partial charge >= 0.3 is 17.9 Å². The number of ether oxygens (including phenoxy) is 1. The van der Waals surface area contributed by atoms with Crippen molar-refractivity contribution >= 4 is 17.9 Å². The van der Waals surface area contributed by atoms with Crippen LogP contribution in [-0.4, -0.2) is 34.7 Å². The largest absolute Gasteiger partial charge is 0.481 e. The lowest BCUT2D eigenvalue weighted by atomic mass is 9.91. The maximum atomic E-state index is 11.9. The first-order valence-electron chi connectivity index (χ1n) is 8.51. The Morgan fingerprint density at radius 2 is 1.43 bits per heavy atom. The fraction of sp³-hybridized carbons (Fsp3) is 0.824. The van der Waals surface area contributed by atoms with E-state index in [2.05, 4.69) is 6.92 Å². The molecule has 6 nitrogen and oxygen atoms in total. The van der Waals surface area contributed by atoms with E-state index in [1.54, 1.807) is 0 Å². The molecule has 0 saturated heterocycles. The molecular formula is C17H30O6. The second-order valence-electron chi connectivity index (χ2n) is 5.97. The molecule has 0 aromatic carbocycles. The Morgan fingerprint density at radius 1 is 0.913 bits per heavy atom. The van der Waals surface area contributed by atoms with Crippen molar-refractivity contribution in [2.24, 2.45) is 11.8 Å². The number of hydrogen-bond donors (Lipinski definition) is 2. The molecule has 2 atom stereocenters. The number of esters is 1. The van der Waals surface area contributed by atoms with Gasteiger partial charge in [-0.05, 0) is 6.42 Å². The summed E-state index contributed by atoms with van der Waals surface area (Å²) < 4.78 is 5.06. The average Bonchev–Trinajstić information content (AvgIpc) is 2.49. The fourth-order valence-electron chi connectivity index (χ4n) is 2.34. The maximum Gasteiger partial charge on any atom is 0.310 e. The molecular weight excluding hydrogens is 300 g/mol. The van der Waals surface area contributed by atoms with Gasteiger partial charge in [-0.15, -0.1) is 0 Å². The molecule has 2 unspecified atom stereocenters. The Balaban J connectivity index is 3.95. The highest BCUT2D eigenvalue weighted by atomic mass is 16.5. The van der Waals surface area contributed by atoms with Crippen molar-refractivity contribution in [3.05, 3.63) is 0 Å². The van der Waals surface area contributed by atoms with E-state index in [9.17, 15) is 14.4 Å². The van der Waals surface area contributed by atoms with Gasteiger partial charge in [0, 0.05) is 0 Å². The van der Waals surface area contributed by atoms with Crippen LogP contribution < -0.4 is 0 Å². The second kappa shape index (κ2) is 12.9.